The fourth-order valence-corrected chi connectivity index (χ4v) is 5.38. The molecule has 1 aromatic rings. The summed E-state index contributed by atoms with van der Waals surface area (Å²) in [5, 5.41) is 0. The van der Waals surface area contributed by atoms with E-state index in [0.717, 1.165) is 8.66 Å². The smallest absolute Gasteiger partial charge is 0.207 e. The number of halogens is 1. The summed E-state index contributed by atoms with van der Waals surface area (Å²) in [6.07, 6.45) is 0. The highest BCUT2D eigenvalue weighted by atomic mass is 79.9. The van der Waals surface area contributed by atoms with Crippen LogP contribution < -0.4 is 0 Å². The Labute approximate surface area is 116 Å². The highest BCUT2D eigenvalue weighted by molar-refractivity contribution is 9.11. The van der Waals surface area contributed by atoms with Crippen molar-refractivity contribution in [2.24, 2.45) is 5.41 Å². The second kappa shape index (κ2) is 4.99. The van der Waals surface area contributed by atoms with Crippen molar-refractivity contribution in [2.45, 2.75) is 32.6 Å². The quantitative estimate of drug-likeness (QED) is 0.845. The van der Waals surface area contributed by atoms with E-state index in [1.54, 1.807) is 13.1 Å². The third kappa shape index (κ3) is 3.77. The van der Waals surface area contributed by atoms with Crippen molar-refractivity contribution in [1.29, 1.82) is 0 Å². The van der Waals surface area contributed by atoms with Gasteiger partial charge in [-0.15, -0.1) is 11.3 Å². The molecule has 0 atom stereocenters. The minimum Gasteiger partial charge on any atom is -0.207 e. The molecule has 1 rings (SSSR count). The van der Waals surface area contributed by atoms with Gasteiger partial charge in [0.15, 0.2) is 0 Å². The zero-order valence-electron chi connectivity index (χ0n) is 10.7. The van der Waals surface area contributed by atoms with Gasteiger partial charge in [-0.25, -0.2) is 12.7 Å². The summed E-state index contributed by atoms with van der Waals surface area (Å²) in [7, 11) is -1.74. The Morgan fingerprint density at radius 1 is 1.41 bits per heavy atom. The number of hydrogen-bond acceptors (Lipinski definition) is 3. The summed E-state index contributed by atoms with van der Waals surface area (Å²) >= 11 is 4.76. The van der Waals surface area contributed by atoms with Gasteiger partial charge >= 0.3 is 0 Å². The van der Waals surface area contributed by atoms with Crippen molar-refractivity contribution in [3.63, 3.8) is 0 Å². The van der Waals surface area contributed by atoms with Crippen LogP contribution >= 0.6 is 27.3 Å². The molecule has 0 spiro atoms. The summed E-state index contributed by atoms with van der Waals surface area (Å²) in [5.41, 5.74) is -0.0526. The average molecular weight is 340 g/mol. The molecule has 0 amide bonds. The van der Waals surface area contributed by atoms with E-state index in [-0.39, 0.29) is 5.41 Å². The normalized spacial score (nSPS) is 13.4. The SMILES string of the molecule is Cc1sc(Br)cc1S(=O)(=O)N(C)CC(C)(C)C. The monoisotopic (exact) mass is 339 g/mol. The fourth-order valence-electron chi connectivity index (χ4n) is 1.61. The second-order valence-corrected chi connectivity index (χ2v) is 9.94. The van der Waals surface area contributed by atoms with Gasteiger partial charge in [-0.05, 0) is 34.3 Å². The Morgan fingerprint density at radius 2 is 1.94 bits per heavy atom. The van der Waals surface area contributed by atoms with Crippen LogP contribution in [0.15, 0.2) is 14.7 Å². The first kappa shape index (κ1) is 15.1. The number of rotatable bonds is 3. The van der Waals surface area contributed by atoms with Crippen molar-refractivity contribution in [2.75, 3.05) is 13.6 Å². The number of hydrogen-bond donors (Lipinski definition) is 0. The molecule has 0 saturated carbocycles. The number of nitrogens with zero attached hydrogens (tertiary/aromatic N) is 1. The van der Waals surface area contributed by atoms with Gasteiger partial charge in [0, 0.05) is 18.5 Å². The van der Waals surface area contributed by atoms with E-state index in [1.807, 2.05) is 27.7 Å². The van der Waals surface area contributed by atoms with Gasteiger partial charge < -0.3 is 0 Å². The van der Waals surface area contributed by atoms with Crippen molar-refractivity contribution >= 4 is 37.3 Å². The van der Waals surface area contributed by atoms with E-state index < -0.39 is 10.0 Å². The third-order valence-corrected chi connectivity index (χ3v) is 5.84. The standard InChI is InChI=1S/C11H18BrNO2S2/c1-8-9(6-10(12)16-8)17(14,15)13(5)7-11(2,3)4/h6H,7H2,1-5H3. The van der Waals surface area contributed by atoms with Gasteiger partial charge in [-0.1, -0.05) is 20.8 Å². The molecule has 98 valence electrons. The number of thiophene rings is 1. The lowest BCUT2D eigenvalue weighted by Crippen LogP contribution is -2.34. The average Bonchev–Trinajstić information content (AvgIpc) is 2.42. The summed E-state index contributed by atoms with van der Waals surface area (Å²) < 4.78 is 27.0. The fraction of sp³-hybridized carbons (Fsp3) is 0.636. The lowest BCUT2D eigenvalue weighted by atomic mass is 9.97. The maximum atomic E-state index is 12.4. The van der Waals surface area contributed by atoms with Gasteiger partial charge in [0.05, 0.1) is 8.68 Å². The van der Waals surface area contributed by atoms with Crippen LogP contribution in [0.3, 0.4) is 0 Å². The van der Waals surface area contributed by atoms with E-state index in [1.165, 1.54) is 15.6 Å². The molecule has 0 unspecified atom stereocenters. The molecular weight excluding hydrogens is 322 g/mol. The zero-order chi connectivity index (χ0) is 13.4. The molecule has 0 fully saturated rings. The van der Waals surface area contributed by atoms with Gasteiger partial charge in [0.1, 0.15) is 0 Å². The molecule has 0 aromatic carbocycles. The van der Waals surface area contributed by atoms with Crippen molar-refractivity contribution in [3.8, 4) is 0 Å². The first-order valence-electron chi connectivity index (χ1n) is 5.26. The Balaban J connectivity index is 3.08. The molecule has 0 radical (unpaired) electrons. The van der Waals surface area contributed by atoms with Gasteiger partial charge in [0.25, 0.3) is 0 Å². The van der Waals surface area contributed by atoms with Crippen LogP contribution in [0.5, 0.6) is 0 Å². The van der Waals surface area contributed by atoms with Crippen molar-refractivity contribution in [1.82, 2.24) is 4.31 Å². The highest BCUT2D eigenvalue weighted by Crippen LogP contribution is 2.32. The topological polar surface area (TPSA) is 37.4 Å². The van der Waals surface area contributed by atoms with Crippen LogP contribution in [0.2, 0.25) is 0 Å². The molecular formula is C11H18BrNO2S2. The van der Waals surface area contributed by atoms with Crippen LogP contribution in [-0.4, -0.2) is 26.3 Å². The molecule has 0 aliphatic carbocycles. The lowest BCUT2D eigenvalue weighted by Gasteiger charge is -2.25. The maximum absolute atomic E-state index is 12.4. The Hall–Kier alpha value is 0.0900. The van der Waals surface area contributed by atoms with E-state index in [4.69, 9.17) is 0 Å². The third-order valence-electron chi connectivity index (χ3n) is 2.23. The summed E-state index contributed by atoms with van der Waals surface area (Å²) in [4.78, 5) is 1.22. The minimum absolute atomic E-state index is 0.0526. The van der Waals surface area contributed by atoms with E-state index in [0.29, 0.717) is 11.4 Å². The summed E-state index contributed by atoms with van der Waals surface area (Å²) in [6, 6.07) is 1.68. The molecule has 1 aromatic heterocycles. The highest BCUT2D eigenvalue weighted by Gasteiger charge is 2.27. The van der Waals surface area contributed by atoms with Crippen LogP contribution in [0.1, 0.15) is 25.6 Å². The first-order chi connectivity index (χ1) is 7.54. The second-order valence-electron chi connectivity index (χ2n) is 5.29. The Kier molecular flexibility index (Phi) is 4.45. The van der Waals surface area contributed by atoms with E-state index >= 15 is 0 Å². The predicted molar refractivity (Wildman–Crippen MR) is 76.0 cm³/mol. The molecule has 0 saturated heterocycles. The summed E-state index contributed by atoms with van der Waals surface area (Å²) in [5.74, 6) is 0. The van der Waals surface area contributed by atoms with Crippen LogP contribution in [0.4, 0.5) is 0 Å². The molecule has 6 heteroatoms. The first-order valence-corrected chi connectivity index (χ1v) is 8.31. The largest absolute Gasteiger partial charge is 0.243 e. The van der Waals surface area contributed by atoms with Crippen molar-refractivity contribution < 1.29 is 8.42 Å². The Bertz CT molecular complexity index is 500. The summed E-state index contributed by atoms with van der Waals surface area (Å²) in [6.45, 7) is 8.40. The van der Waals surface area contributed by atoms with Crippen molar-refractivity contribution in [3.05, 3.63) is 14.7 Å². The minimum atomic E-state index is -3.37. The number of aryl methyl sites for hydroxylation is 1. The molecule has 3 nitrogen and oxygen atoms in total. The van der Waals surface area contributed by atoms with Gasteiger partial charge in [0.2, 0.25) is 10.0 Å². The van der Waals surface area contributed by atoms with E-state index in [2.05, 4.69) is 15.9 Å². The number of sulfonamides is 1. The molecule has 0 N–H and O–H groups in total. The maximum Gasteiger partial charge on any atom is 0.243 e. The molecule has 0 aliphatic rings. The molecule has 1 heterocycles. The van der Waals surface area contributed by atoms with E-state index in [9.17, 15) is 8.42 Å². The van der Waals surface area contributed by atoms with Crippen LogP contribution in [0, 0.1) is 12.3 Å². The Morgan fingerprint density at radius 3 is 2.29 bits per heavy atom. The predicted octanol–water partition coefficient (Wildman–Crippen LogP) is 3.49. The van der Waals surface area contributed by atoms with Crippen LogP contribution in [0.25, 0.3) is 0 Å². The molecule has 17 heavy (non-hydrogen) atoms. The zero-order valence-corrected chi connectivity index (χ0v) is 14.0. The lowest BCUT2D eigenvalue weighted by molar-refractivity contribution is 0.311. The van der Waals surface area contributed by atoms with Gasteiger partial charge in [-0.2, -0.15) is 0 Å². The molecule has 0 bridgehead atoms. The van der Waals surface area contributed by atoms with Gasteiger partial charge in [-0.3, -0.25) is 0 Å². The van der Waals surface area contributed by atoms with Crippen LogP contribution in [-0.2, 0) is 10.0 Å². The molecule has 0 aliphatic heterocycles.